The number of esters is 1. The van der Waals surface area contributed by atoms with Crippen molar-refractivity contribution in [3.05, 3.63) is 148 Å². The summed E-state index contributed by atoms with van der Waals surface area (Å²) in [5.41, 5.74) is 12.3. The minimum atomic E-state index is -4.46. The number of aromatic nitrogens is 1. The van der Waals surface area contributed by atoms with Crippen LogP contribution in [0.2, 0.25) is 0 Å². The molecule has 0 radical (unpaired) electrons. The number of aromatic amines is 1. The Morgan fingerprint density at radius 1 is 0.957 bits per heavy atom. The lowest BCUT2D eigenvalue weighted by Gasteiger charge is -2.41. The van der Waals surface area contributed by atoms with E-state index < -0.39 is 29.7 Å². The van der Waals surface area contributed by atoms with E-state index in [9.17, 15) is 22.8 Å². The SMILES string of the molecule is Cc1ccc(C)c(C(c2cc[nH]c2)N2CCc3cc(OC(=O)c4ccccc4-c4ccc(C(F)(F)F)cc4)ccc3C2C(N)=O)c1. The molecule has 0 saturated carbocycles. The molecule has 0 fully saturated rings. The molecular formula is C37H32F3N3O3. The number of ether oxygens (including phenoxy) is 1. The number of hydrogen-bond acceptors (Lipinski definition) is 4. The average Bonchev–Trinajstić information content (AvgIpc) is 3.57. The molecular weight excluding hydrogens is 591 g/mol. The number of alkyl halides is 3. The highest BCUT2D eigenvalue weighted by molar-refractivity contribution is 5.98. The molecule has 3 N–H and O–H groups in total. The molecule has 2 atom stereocenters. The first-order valence-corrected chi connectivity index (χ1v) is 14.9. The van der Waals surface area contributed by atoms with Gasteiger partial charge in [-0.15, -0.1) is 0 Å². The monoisotopic (exact) mass is 623 g/mol. The third-order valence-electron chi connectivity index (χ3n) is 8.53. The predicted octanol–water partition coefficient (Wildman–Crippen LogP) is 7.71. The second-order valence-electron chi connectivity index (χ2n) is 11.6. The number of rotatable bonds is 7. The maximum atomic E-state index is 13.4. The van der Waals surface area contributed by atoms with E-state index in [1.54, 1.807) is 42.5 Å². The van der Waals surface area contributed by atoms with Crippen molar-refractivity contribution >= 4 is 11.9 Å². The highest BCUT2D eigenvalue weighted by Gasteiger charge is 2.38. The number of halogens is 3. The Morgan fingerprint density at radius 3 is 2.41 bits per heavy atom. The first-order chi connectivity index (χ1) is 22.0. The number of aryl methyl sites for hydroxylation is 2. The molecule has 0 aliphatic carbocycles. The third kappa shape index (κ3) is 6.06. The maximum absolute atomic E-state index is 13.4. The Morgan fingerprint density at radius 2 is 1.72 bits per heavy atom. The summed E-state index contributed by atoms with van der Waals surface area (Å²) in [6.07, 6.45) is -0.0824. The van der Waals surface area contributed by atoms with Gasteiger partial charge in [0, 0.05) is 18.9 Å². The standard InChI is InChI=1S/C37H32F3N3O3/c1-22-7-8-23(2)32(19-22)33(26-15-17-42-21-26)43-18-16-25-20-28(13-14-30(25)34(43)35(41)44)46-36(45)31-6-4-3-5-29(31)24-9-11-27(12-10-24)37(38,39)40/h3-15,17,19-21,33-34,42H,16,18H2,1-2H3,(H2,41,44). The molecule has 46 heavy (non-hydrogen) atoms. The molecule has 1 amide bonds. The summed E-state index contributed by atoms with van der Waals surface area (Å²) in [7, 11) is 0. The third-order valence-corrected chi connectivity index (χ3v) is 8.53. The minimum absolute atomic E-state index is 0.212. The van der Waals surface area contributed by atoms with Crippen LogP contribution >= 0.6 is 0 Å². The first-order valence-electron chi connectivity index (χ1n) is 14.9. The van der Waals surface area contributed by atoms with Gasteiger partial charge in [0.25, 0.3) is 0 Å². The van der Waals surface area contributed by atoms with E-state index >= 15 is 0 Å². The minimum Gasteiger partial charge on any atom is -0.423 e. The van der Waals surface area contributed by atoms with Crippen LogP contribution in [-0.2, 0) is 17.4 Å². The fourth-order valence-corrected chi connectivity index (χ4v) is 6.31. The smallest absolute Gasteiger partial charge is 0.416 e. The van der Waals surface area contributed by atoms with E-state index in [1.165, 1.54) is 12.1 Å². The quantitative estimate of drug-likeness (QED) is 0.144. The van der Waals surface area contributed by atoms with Crippen molar-refractivity contribution < 1.29 is 27.5 Å². The number of carbonyl (C=O) groups excluding carboxylic acids is 2. The van der Waals surface area contributed by atoms with Crippen molar-refractivity contribution in [2.45, 2.75) is 38.5 Å². The van der Waals surface area contributed by atoms with Crippen LogP contribution in [0.4, 0.5) is 13.2 Å². The second-order valence-corrected chi connectivity index (χ2v) is 11.6. The normalized spacial score (nSPS) is 15.6. The van der Waals surface area contributed by atoms with Gasteiger partial charge in [0.2, 0.25) is 5.91 Å². The lowest BCUT2D eigenvalue weighted by atomic mass is 9.86. The molecule has 0 bridgehead atoms. The lowest BCUT2D eigenvalue weighted by Crippen LogP contribution is -2.44. The molecule has 6 rings (SSSR count). The van der Waals surface area contributed by atoms with E-state index in [0.29, 0.717) is 29.8 Å². The molecule has 0 spiro atoms. The number of nitrogens with zero attached hydrogens (tertiary/aromatic N) is 1. The molecule has 1 aliphatic heterocycles. The molecule has 5 aromatic rings. The van der Waals surface area contributed by atoms with Crippen LogP contribution in [-0.4, -0.2) is 28.3 Å². The summed E-state index contributed by atoms with van der Waals surface area (Å²) >= 11 is 0. The van der Waals surface area contributed by atoms with E-state index in [1.807, 2.05) is 25.4 Å². The molecule has 6 nitrogen and oxygen atoms in total. The Labute approximate surface area is 264 Å². The number of carbonyl (C=O) groups is 2. The highest BCUT2D eigenvalue weighted by Crippen LogP contribution is 2.42. The first kappa shape index (κ1) is 30.9. The summed E-state index contributed by atoms with van der Waals surface area (Å²) < 4.78 is 45.1. The molecule has 234 valence electrons. The lowest BCUT2D eigenvalue weighted by molar-refractivity contribution is -0.137. The Hall–Kier alpha value is -5.15. The zero-order valence-corrected chi connectivity index (χ0v) is 25.3. The van der Waals surface area contributed by atoms with Crippen LogP contribution in [0.15, 0.2) is 103 Å². The van der Waals surface area contributed by atoms with E-state index in [-0.39, 0.29) is 11.6 Å². The van der Waals surface area contributed by atoms with Gasteiger partial charge >= 0.3 is 12.1 Å². The molecule has 9 heteroatoms. The summed E-state index contributed by atoms with van der Waals surface area (Å²) in [6.45, 7) is 4.62. The van der Waals surface area contributed by atoms with Crippen molar-refractivity contribution in [3.63, 3.8) is 0 Å². The van der Waals surface area contributed by atoms with Crippen molar-refractivity contribution in [2.75, 3.05) is 6.54 Å². The fraction of sp³-hybridized carbons (Fsp3) is 0.189. The summed E-state index contributed by atoms with van der Waals surface area (Å²) in [4.78, 5) is 31.8. The summed E-state index contributed by atoms with van der Waals surface area (Å²) in [5.74, 6) is -0.844. The van der Waals surface area contributed by atoms with Crippen LogP contribution in [0, 0.1) is 13.8 Å². The Balaban J connectivity index is 1.29. The van der Waals surface area contributed by atoms with Crippen molar-refractivity contribution in [1.82, 2.24) is 9.88 Å². The number of hydrogen-bond donors (Lipinski definition) is 2. The van der Waals surface area contributed by atoms with Gasteiger partial charge < -0.3 is 15.5 Å². The van der Waals surface area contributed by atoms with Gasteiger partial charge in [-0.25, -0.2) is 4.79 Å². The topological polar surface area (TPSA) is 88.4 Å². The largest absolute Gasteiger partial charge is 0.423 e. The highest BCUT2D eigenvalue weighted by atomic mass is 19.4. The van der Waals surface area contributed by atoms with Crippen LogP contribution < -0.4 is 10.5 Å². The summed E-state index contributed by atoms with van der Waals surface area (Å²) in [6, 6.07) is 23.8. The van der Waals surface area contributed by atoms with E-state index in [4.69, 9.17) is 10.5 Å². The number of fused-ring (bicyclic) bond motifs is 1. The van der Waals surface area contributed by atoms with Gasteiger partial charge in [-0.3, -0.25) is 9.69 Å². The van der Waals surface area contributed by atoms with Gasteiger partial charge in [-0.1, -0.05) is 60.2 Å². The van der Waals surface area contributed by atoms with Crippen LogP contribution in [0.25, 0.3) is 11.1 Å². The zero-order valence-electron chi connectivity index (χ0n) is 25.3. The van der Waals surface area contributed by atoms with Crippen molar-refractivity contribution in [2.24, 2.45) is 5.73 Å². The van der Waals surface area contributed by atoms with Crippen LogP contribution in [0.3, 0.4) is 0 Å². The Bertz CT molecular complexity index is 1900. The zero-order chi connectivity index (χ0) is 32.6. The van der Waals surface area contributed by atoms with Crippen LogP contribution in [0.1, 0.15) is 61.4 Å². The summed E-state index contributed by atoms with van der Waals surface area (Å²) in [5, 5.41) is 0. The number of H-pyrrole nitrogens is 1. The average molecular weight is 624 g/mol. The van der Waals surface area contributed by atoms with Gasteiger partial charge in [-0.05, 0) is 95.6 Å². The van der Waals surface area contributed by atoms with E-state index in [0.717, 1.165) is 45.5 Å². The Kier molecular flexibility index (Phi) is 8.27. The van der Waals surface area contributed by atoms with Gasteiger partial charge in [0.1, 0.15) is 11.8 Å². The van der Waals surface area contributed by atoms with Crippen LogP contribution in [0.5, 0.6) is 5.75 Å². The number of nitrogens with one attached hydrogen (secondary N) is 1. The molecule has 2 unspecified atom stereocenters. The van der Waals surface area contributed by atoms with Gasteiger partial charge in [0.15, 0.2) is 0 Å². The molecule has 2 heterocycles. The molecule has 4 aromatic carbocycles. The number of nitrogens with two attached hydrogens (primary N) is 1. The maximum Gasteiger partial charge on any atom is 0.416 e. The second kappa shape index (κ2) is 12.3. The number of primary amides is 1. The molecule has 1 aromatic heterocycles. The van der Waals surface area contributed by atoms with Gasteiger partial charge in [0.05, 0.1) is 17.2 Å². The molecule has 1 aliphatic rings. The molecule has 0 saturated heterocycles. The van der Waals surface area contributed by atoms with E-state index in [2.05, 4.69) is 35.0 Å². The number of benzene rings is 4. The van der Waals surface area contributed by atoms with Crippen molar-refractivity contribution in [3.8, 4) is 16.9 Å². The predicted molar refractivity (Wildman–Crippen MR) is 169 cm³/mol. The fourth-order valence-electron chi connectivity index (χ4n) is 6.31. The van der Waals surface area contributed by atoms with Crippen molar-refractivity contribution in [1.29, 1.82) is 0 Å². The number of amides is 1. The van der Waals surface area contributed by atoms with Gasteiger partial charge in [-0.2, -0.15) is 13.2 Å².